The number of rotatable bonds is 7. The molecule has 6 nitrogen and oxygen atoms in total. The second-order valence-corrected chi connectivity index (χ2v) is 9.64. The average Bonchev–Trinajstić information content (AvgIpc) is 2.71. The van der Waals surface area contributed by atoms with Crippen LogP contribution < -0.4 is 9.46 Å². The smallest absolute Gasteiger partial charge is 0.242 e. The van der Waals surface area contributed by atoms with Crippen LogP contribution in [0.5, 0.6) is 5.75 Å². The molecule has 1 amide bonds. The summed E-state index contributed by atoms with van der Waals surface area (Å²) in [5.41, 5.74) is 2.22. The molecule has 1 heterocycles. The molecule has 0 atom stereocenters. The van der Waals surface area contributed by atoms with Crippen molar-refractivity contribution in [3.05, 3.63) is 58.6 Å². The minimum atomic E-state index is -3.74. The van der Waals surface area contributed by atoms with E-state index in [4.69, 9.17) is 16.3 Å². The Morgan fingerprint density at radius 1 is 1.10 bits per heavy atom. The number of hydrogen-bond donors (Lipinski definition) is 1. The Hall–Kier alpha value is -2.09. The number of hydrogen-bond acceptors (Lipinski definition) is 4. The monoisotopic (exact) mass is 450 g/mol. The van der Waals surface area contributed by atoms with E-state index in [2.05, 4.69) is 4.72 Å². The summed E-state index contributed by atoms with van der Waals surface area (Å²) in [7, 11) is -3.74. The first-order valence-electron chi connectivity index (χ1n) is 10.0. The van der Waals surface area contributed by atoms with E-state index in [1.54, 1.807) is 17.0 Å². The zero-order valence-corrected chi connectivity index (χ0v) is 18.8. The molecule has 2 aromatic carbocycles. The number of para-hydroxylation sites is 1. The largest absolute Gasteiger partial charge is 0.490 e. The van der Waals surface area contributed by atoms with Crippen LogP contribution in [0.25, 0.3) is 0 Å². The van der Waals surface area contributed by atoms with Crippen molar-refractivity contribution < 1.29 is 17.9 Å². The maximum Gasteiger partial charge on any atom is 0.242 e. The standard InChI is InChI=1S/C22H27ClN2O4S/c1-16-6-5-7-17(2)22(16)29-18-11-14-25(15-12-18)21(26)10-13-24-30(27,28)20-9-4-3-8-19(20)23/h3-9,18,24H,10-15H2,1-2H3. The number of aryl methyl sites for hydroxylation is 2. The van der Waals surface area contributed by atoms with Crippen molar-refractivity contribution in [2.75, 3.05) is 19.6 Å². The number of nitrogens with zero attached hydrogens (tertiary/aromatic N) is 1. The van der Waals surface area contributed by atoms with Crippen LogP contribution in [0.1, 0.15) is 30.4 Å². The Balaban J connectivity index is 1.46. The number of amides is 1. The van der Waals surface area contributed by atoms with E-state index < -0.39 is 10.0 Å². The molecule has 1 fully saturated rings. The summed E-state index contributed by atoms with van der Waals surface area (Å²) in [5.74, 6) is 0.860. The highest BCUT2D eigenvalue weighted by Gasteiger charge is 2.25. The van der Waals surface area contributed by atoms with Crippen molar-refractivity contribution in [2.45, 2.75) is 44.1 Å². The third kappa shape index (κ3) is 5.53. The van der Waals surface area contributed by atoms with Gasteiger partial charge in [-0.25, -0.2) is 13.1 Å². The van der Waals surface area contributed by atoms with Crippen LogP contribution in [0.3, 0.4) is 0 Å². The van der Waals surface area contributed by atoms with Crippen LogP contribution in [-0.4, -0.2) is 45.0 Å². The lowest BCUT2D eigenvalue weighted by Gasteiger charge is -2.33. The molecule has 1 aliphatic rings. The summed E-state index contributed by atoms with van der Waals surface area (Å²) in [6.07, 6.45) is 1.69. The fourth-order valence-electron chi connectivity index (χ4n) is 3.57. The lowest BCUT2D eigenvalue weighted by molar-refractivity contribution is -0.132. The van der Waals surface area contributed by atoms with Gasteiger partial charge in [-0.3, -0.25) is 4.79 Å². The molecular formula is C22H27ClN2O4S. The molecule has 0 saturated carbocycles. The van der Waals surface area contributed by atoms with Gasteiger partial charge in [0, 0.05) is 38.9 Å². The zero-order chi connectivity index (χ0) is 21.7. The molecule has 0 bridgehead atoms. The normalized spacial score (nSPS) is 15.2. The molecule has 162 valence electrons. The lowest BCUT2D eigenvalue weighted by Crippen LogP contribution is -2.42. The first-order chi connectivity index (χ1) is 14.3. The lowest BCUT2D eigenvalue weighted by atomic mass is 10.1. The Kier molecular flexibility index (Phi) is 7.39. The van der Waals surface area contributed by atoms with E-state index in [0.717, 1.165) is 29.7 Å². The summed E-state index contributed by atoms with van der Waals surface area (Å²) in [5, 5.41) is 0.155. The molecular weight excluding hydrogens is 424 g/mol. The first-order valence-corrected chi connectivity index (χ1v) is 11.9. The molecule has 2 aromatic rings. The van der Waals surface area contributed by atoms with Gasteiger partial charge in [0.25, 0.3) is 0 Å². The van der Waals surface area contributed by atoms with Gasteiger partial charge in [-0.1, -0.05) is 41.9 Å². The van der Waals surface area contributed by atoms with Gasteiger partial charge in [-0.2, -0.15) is 0 Å². The van der Waals surface area contributed by atoms with Crippen LogP contribution in [0.2, 0.25) is 5.02 Å². The fraction of sp³-hybridized carbons (Fsp3) is 0.409. The summed E-state index contributed by atoms with van der Waals surface area (Å²) in [6, 6.07) is 12.3. The van der Waals surface area contributed by atoms with Crippen molar-refractivity contribution in [1.82, 2.24) is 9.62 Å². The first kappa shape index (κ1) is 22.6. The third-order valence-electron chi connectivity index (χ3n) is 5.25. The molecule has 3 rings (SSSR count). The molecule has 1 N–H and O–H groups in total. The summed E-state index contributed by atoms with van der Waals surface area (Å²) >= 11 is 5.96. The molecule has 0 radical (unpaired) electrons. The molecule has 0 spiro atoms. The van der Waals surface area contributed by atoms with E-state index >= 15 is 0 Å². The quantitative estimate of drug-likeness (QED) is 0.697. The van der Waals surface area contributed by atoms with Crippen molar-refractivity contribution in [2.24, 2.45) is 0 Å². The summed E-state index contributed by atoms with van der Waals surface area (Å²) < 4.78 is 33.3. The minimum absolute atomic E-state index is 0.0172. The maximum absolute atomic E-state index is 12.5. The molecule has 0 unspecified atom stereocenters. The van der Waals surface area contributed by atoms with Crippen LogP contribution >= 0.6 is 11.6 Å². The number of sulfonamides is 1. The van der Waals surface area contributed by atoms with Gasteiger partial charge in [0.05, 0.1) is 5.02 Å². The summed E-state index contributed by atoms with van der Waals surface area (Å²) in [4.78, 5) is 14.3. The number of benzene rings is 2. The fourth-order valence-corrected chi connectivity index (χ4v) is 5.11. The highest BCUT2D eigenvalue weighted by Crippen LogP contribution is 2.26. The second-order valence-electron chi connectivity index (χ2n) is 7.50. The average molecular weight is 451 g/mol. The SMILES string of the molecule is Cc1cccc(C)c1OC1CCN(C(=O)CCNS(=O)(=O)c2ccccc2Cl)CC1. The van der Waals surface area contributed by atoms with Crippen LogP contribution in [0.4, 0.5) is 0 Å². The van der Waals surface area contributed by atoms with Crippen LogP contribution in [-0.2, 0) is 14.8 Å². The number of carbonyl (C=O) groups is 1. The molecule has 0 aliphatic carbocycles. The predicted molar refractivity (Wildman–Crippen MR) is 117 cm³/mol. The molecule has 0 aromatic heterocycles. The Bertz CT molecular complexity index is 982. The highest BCUT2D eigenvalue weighted by molar-refractivity contribution is 7.89. The number of likely N-dealkylation sites (tertiary alicyclic amines) is 1. The molecule has 1 saturated heterocycles. The van der Waals surface area contributed by atoms with E-state index in [-0.39, 0.29) is 34.9 Å². The molecule has 30 heavy (non-hydrogen) atoms. The van der Waals surface area contributed by atoms with E-state index in [0.29, 0.717) is 13.1 Å². The van der Waals surface area contributed by atoms with Gasteiger partial charge < -0.3 is 9.64 Å². The van der Waals surface area contributed by atoms with Gasteiger partial charge in [-0.15, -0.1) is 0 Å². The topological polar surface area (TPSA) is 75.7 Å². The van der Waals surface area contributed by atoms with Gasteiger partial charge in [0.2, 0.25) is 15.9 Å². The van der Waals surface area contributed by atoms with E-state index in [9.17, 15) is 13.2 Å². The van der Waals surface area contributed by atoms with Gasteiger partial charge in [0.15, 0.2) is 0 Å². The molecule has 8 heteroatoms. The maximum atomic E-state index is 12.5. The minimum Gasteiger partial charge on any atom is -0.490 e. The Labute approximate surface area is 183 Å². The predicted octanol–water partition coefficient (Wildman–Crippen LogP) is 3.70. The number of ether oxygens (including phenoxy) is 1. The Morgan fingerprint density at radius 2 is 1.73 bits per heavy atom. The van der Waals surface area contributed by atoms with Crippen molar-refractivity contribution in [1.29, 1.82) is 0 Å². The molecule has 1 aliphatic heterocycles. The van der Waals surface area contributed by atoms with Gasteiger partial charge in [0.1, 0.15) is 16.7 Å². The number of nitrogens with one attached hydrogen (secondary N) is 1. The van der Waals surface area contributed by atoms with Crippen molar-refractivity contribution in [3.63, 3.8) is 0 Å². The zero-order valence-electron chi connectivity index (χ0n) is 17.2. The van der Waals surface area contributed by atoms with Gasteiger partial charge in [-0.05, 0) is 37.1 Å². The summed E-state index contributed by atoms with van der Waals surface area (Å²) in [6.45, 7) is 5.30. The van der Waals surface area contributed by atoms with Crippen molar-refractivity contribution >= 4 is 27.5 Å². The number of halogens is 1. The van der Waals surface area contributed by atoms with Crippen molar-refractivity contribution in [3.8, 4) is 5.75 Å². The number of carbonyl (C=O) groups excluding carboxylic acids is 1. The number of piperidine rings is 1. The van der Waals surface area contributed by atoms with E-state index in [1.807, 2.05) is 32.0 Å². The van der Waals surface area contributed by atoms with Crippen LogP contribution in [0, 0.1) is 13.8 Å². The second kappa shape index (κ2) is 9.81. The third-order valence-corrected chi connectivity index (χ3v) is 7.21. The van der Waals surface area contributed by atoms with E-state index in [1.165, 1.54) is 12.1 Å². The van der Waals surface area contributed by atoms with Crippen LogP contribution in [0.15, 0.2) is 47.4 Å². The highest BCUT2D eigenvalue weighted by atomic mass is 35.5. The van der Waals surface area contributed by atoms with Gasteiger partial charge >= 0.3 is 0 Å². The Morgan fingerprint density at radius 3 is 2.37 bits per heavy atom.